The van der Waals surface area contributed by atoms with Crippen LogP contribution in [-0.4, -0.2) is 60.8 Å². The molecule has 2 aliphatic rings. The van der Waals surface area contributed by atoms with Crippen molar-refractivity contribution in [3.8, 4) is 11.4 Å². The summed E-state index contributed by atoms with van der Waals surface area (Å²) in [6.45, 7) is 1.26. The van der Waals surface area contributed by atoms with Crippen molar-refractivity contribution in [2.45, 2.75) is 18.9 Å². The lowest BCUT2D eigenvalue weighted by molar-refractivity contribution is 0.0690. The molecule has 2 fully saturated rings. The van der Waals surface area contributed by atoms with Crippen LogP contribution in [0.15, 0.2) is 55.0 Å². The number of para-hydroxylation sites is 2. The van der Waals surface area contributed by atoms with Crippen molar-refractivity contribution < 1.29 is 19.4 Å². The molecule has 3 heterocycles. The number of aromatic nitrogens is 4. The van der Waals surface area contributed by atoms with Crippen LogP contribution in [0.1, 0.15) is 23.3 Å². The minimum absolute atomic E-state index is 0.0947. The van der Waals surface area contributed by atoms with E-state index in [1.807, 2.05) is 36.5 Å². The number of amides is 1. The van der Waals surface area contributed by atoms with Crippen LogP contribution in [0.2, 0.25) is 0 Å². The van der Waals surface area contributed by atoms with E-state index in [2.05, 4.69) is 10.2 Å². The molecule has 30 heavy (non-hydrogen) atoms. The van der Waals surface area contributed by atoms with E-state index in [-0.39, 0.29) is 17.8 Å². The number of carbonyl (C=O) groups excluding carboxylic acids is 1. The zero-order chi connectivity index (χ0) is 20.7. The van der Waals surface area contributed by atoms with Gasteiger partial charge in [-0.05, 0) is 48.9 Å². The first-order valence-electron chi connectivity index (χ1n) is 9.92. The Morgan fingerprint density at radius 3 is 2.47 bits per heavy atom. The number of carbonyl (C=O) groups is 2. The van der Waals surface area contributed by atoms with Crippen LogP contribution >= 0.6 is 0 Å². The van der Waals surface area contributed by atoms with Crippen molar-refractivity contribution in [2.24, 2.45) is 11.8 Å². The summed E-state index contributed by atoms with van der Waals surface area (Å²) in [7, 11) is 0. The van der Waals surface area contributed by atoms with Gasteiger partial charge in [-0.3, -0.25) is 0 Å². The minimum Gasteiger partial charge on any atom is -0.488 e. The standard InChI is InChI=1S/C21H21N5O4/c27-20(28)17-6-9-26(23-17)21(29)24-12-14-10-16(11-15(14)13-24)30-19-5-2-1-4-18(19)25-8-3-7-22-25/h1-9,14-16H,10-13H2,(H,27,28)/t14-,15+,16+. The average Bonchev–Trinajstić information content (AvgIpc) is 3.50. The Bertz CT molecular complexity index is 1060. The van der Waals surface area contributed by atoms with Crippen LogP contribution < -0.4 is 4.74 Å². The topological polar surface area (TPSA) is 102 Å². The second kappa shape index (κ2) is 7.33. The van der Waals surface area contributed by atoms with E-state index >= 15 is 0 Å². The van der Waals surface area contributed by atoms with E-state index in [4.69, 9.17) is 9.84 Å². The van der Waals surface area contributed by atoms with Gasteiger partial charge in [-0.2, -0.15) is 14.9 Å². The fraction of sp³-hybridized carbons (Fsp3) is 0.333. The second-order valence-electron chi connectivity index (χ2n) is 7.79. The van der Waals surface area contributed by atoms with Crippen molar-refractivity contribution >= 4 is 12.0 Å². The third kappa shape index (κ3) is 3.32. The molecular formula is C21H21N5O4. The fourth-order valence-electron chi connectivity index (χ4n) is 4.52. The Morgan fingerprint density at radius 2 is 1.80 bits per heavy atom. The van der Waals surface area contributed by atoms with Crippen LogP contribution in [0.4, 0.5) is 4.79 Å². The maximum Gasteiger partial charge on any atom is 0.356 e. The van der Waals surface area contributed by atoms with E-state index < -0.39 is 5.97 Å². The Morgan fingerprint density at radius 1 is 1.03 bits per heavy atom. The Balaban J connectivity index is 1.23. The monoisotopic (exact) mass is 407 g/mol. The van der Waals surface area contributed by atoms with Gasteiger partial charge in [0.15, 0.2) is 5.69 Å². The van der Waals surface area contributed by atoms with Crippen LogP contribution in [-0.2, 0) is 0 Å². The first-order valence-corrected chi connectivity index (χ1v) is 9.92. The summed E-state index contributed by atoms with van der Waals surface area (Å²) in [5.41, 5.74) is 0.774. The zero-order valence-electron chi connectivity index (χ0n) is 16.2. The zero-order valence-corrected chi connectivity index (χ0v) is 16.2. The Hall–Kier alpha value is -3.62. The van der Waals surface area contributed by atoms with E-state index in [0.717, 1.165) is 29.0 Å². The second-order valence-corrected chi connectivity index (χ2v) is 7.79. The summed E-state index contributed by atoms with van der Waals surface area (Å²) in [4.78, 5) is 25.4. The molecule has 1 amide bonds. The Kier molecular flexibility index (Phi) is 4.50. The quantitative estimate of drug-likeness (QED) is 0.713. The molecule has 3 atom stereocenters. The first-order chi connectivity index (χ1) is 14.6. The third-order valence-corrected chi connectivity index (χ3v) is 5.89. The van der Waals surface area contributed by atoms with Crippen LogP contribution in [0.25, 0.3) is 5.69 Å². The maximum atomic E-state index is 12.7. The van der Waals surface area contributed by atoms with Crippen molar-refractivity contribution in [1.29, 1.82) is 0 Å². The molecule has 9 heteroatoms. The molecule has 1 saturated heterocycles. The number of benzene rings is 1. The lowest BCUT2D eigenvalue weighted by Gasteiger charge is -2.20. The number of carboxylic acids is 1. The van der Waals surface area contributed by atoms with E-state index in [1.165, 1.54) is 12.3 Å². The highest BCUT2D eigenvalue weighted by Crippen LogP contribution is 2.40. The van der Waals surface area contributed by atoms with Gasteiger partial charge in [0.2, 0.25) is 0 Å². The first kappa shape index (κ1) is 18.4. The van der Waals surface area contributed by atoms with Crippen molar-refractivity contribution in [1.82, 2.24) is 24.5 Å². The number of hydrogen-bond donors (Lipinski definition) is 1. The Labute approximate surface area is 172 Å². The number of nitrogens with zero attached hydrogens (tertiary/aromatic N) is 5. The number of fused-ring (bicyclic) bond motifs is 1. The summed E-state index contributed by atoms with van der Waals surface area (Å²) in [5.74, 6) is 0.391. The molecule has 0 spiro atoms. The summed E-state index contributed by atoms with van der Waals surface area (Å²) < 4.78 is 9.23. The number of hydrogen-bond acceptors (Lipinski definition) is 5. The van der Waals surface area contributed by atoms with Gasteiger partial charge in [0.05, 0.1) is 6.10 Å². The fourth-order valence-corrected chi connectivity index (χ4v) is 4.52. The molecule has 9 nitrogen and oxygen atoms in total. The van der Waals surface area contributed by atoms with Gasteiger partial charge in [-0.1, -0.05) is 12.1 Å². The lowest BCUT2D eigenvalue weighted by Crippen LogP contribution is -2.34. The van der Waals surface area contributed by atoms with Gasteiger partial charge in [0, 0.05) is 31.7 Å². The molecule has 1 saturated carbocycles. The van der Waals surface area contributed by atoms with E-state index in [9.17, 15) is 9.59 Å². The molecule has 154 valence electrons. The predicted octanol–water partition coefficient (Wildman–Crippen LogP) is 2.52. The van der Waals surface area contributed by atoms with Crippen molar-refractivity contribution in [3.63, 3.8) is 0 Å². The van der Waals surface area contributed by atoms with Gasteiger partial charge in [0.1, 0.15) is 11.4 Å². The molecule has 0 unspecified atom stereocenters. The van der Waals surface area contributed by atoms with Gasteiger partial charge in [-0.25, -0.2) is 14.3 Å². The number of aromatic carboxylic acids is 1. The van der Waals surface area contributed by atoms with Crippen LogP contribution in [0.3, 0.4) is 0 Å². The average molecular weight is 407 g/mol. The predicted molar refractivity (Wildman–Crippen MR) is 106 cm³/mol. The maximum absolute atomic E-state index is 12.7. The van der Waals surface area contributed by atoms with Gasteiger partial charge >= 0.3 is 12.0 Å². The highest BCUT2D eigenvalue weighted by molar-refractivity contribution is 5.86. The lowest BCUT2D eigenvalue weighted by atomic mass is 10.0. The highest BCUT2D eigenvalue weighted by Gasteiger charge is 2.43. The molecule has 1 aromatic carbocycles. The van der Waals surface area contributed by atoms with Gasteiger partial charge < -0.3 is 14.7 Å². The summed E-state index contributed by atoms with van der Waals surface area (Å²) in [6.07, 6.45) is 6.87. The molecule has 1 aliphatic carbocycles. The van der Waals surface area contributed by atoms with Crippen LogP contribution in [0.5, 0.6) is 5.75 Å². The van der Waals surface area contributed by atoms with E-state index in [0.29, 0.717) is 24.9 Å². The molecule has 3 aromatic rings. The largest absolute Gasteiger partial charge is 0.488 e. The summed E-state index contributed by atoms with van der Waals surface area (Å²) in [6, 6.07) is 10.8. The summed E-state index contributed by atoms with van der Waals surface area (Å²) >= 11 is 0. The molecule has 1 N–H and O–H groups in total. The van der Waals surface area contributed by atoms with Crippen molar-refractivity contribution in [3.05, 3.63) is 60.7 Å². The summed E-state index contributed by atoms with van der Waals surface area (Å²) in [5, 5.41) is 17.1. The van der Waals surface area contributed by atoms with Crippen LogP contribution in [0, 0.1) is 11.8 Å². The number of ether oxygens (including phenoxy) is 1. The SMILES string of the molecule is O=C(O)c1ccn(C(=O)N2C[C@H]3C[C@H](Oc4ccccc4-n4cccn4)C[C@H]3C2)n1. The van der Waals surface area contributed by atoms with Gasteiger partial charge in [-0.15, -0.1) is 0 Å². The molecule has 5 rings (SSSR count). The molecular weight excluding hydrogens is 386 g/mol. The van der Waals surface area contributed by atoms with Crippen molar-refractivity contribution in [2.75, 3.05) is 13.1 Å². The number of likely N-dealkylation sites (tertiary alicyclic amines) is 1. The van der Waals surface area contributed by atoms with Gasteiger partial charge in [0.25, 0.3) is 0 Å². The minimum atomic E-state index is -1.14. The smallest absolute Gasteiger partial charge is 0.356 e. The third-order valence-electron chi connectivity index (χ3n) is 5.89. The number of carboxylic acid groups (broad SMARTS) is 1. The number of rotatable bonds is 4. The molecule has 0 radical (unpaired) electrons. The normalized spacial score (nSPS) is 22.8. The molecule has 0 bridgehead atoms. The van der Waals surface area contributed by atoms with E-state index in [1.54, 1.807) is 15.8 Å². The molecule has 2 aromatic heterocycles. The highest BCUT2D eigenvalue weighted by atomic mass is 16.5. The molecule has 1 aliphatic heterocycles.